The van der Waals surface area contributed by atoms with Crippen molar-refractivity contribution in [1.29, 1.82) is 0 Å². The molecule has 0 spiro atoms. The van der Waals surface area contributed by atoms with Crippen molar-refractivity contribution in [2.24, 2.45) is 0 Å². The first-order chi connectivity index (χ1) is 13.3. The molecular formula is C17H18N10. The quantitative estimate of drug-likeness (QED) is 0.575. The zero-order chi connectivity index (χ0) is 18.2. The number of aromatic nitrogens is 8. The average Bonchev–Trinajstić information content (AvgIpc) is 3.39. The fourth-order valence-electron chi connectivity index (χ4n) is 3.37. The Kier molecular flexibility index (Phi) is 3.66. The summed E-state index contributed by atoms with van der Waals surface area (Å²) in [5, 5.41) is 12.2. The lowest BCUT2D eigenvalue weighted by Crippen LogP contribution is -2.47. The molecule has 10 nitrogen and oxygen atoms in total. The van der Waals surface area contributed by atoms with Crippen molar-refractivity contribution in [3.8, 4) is 5.82 Å². The third-order valence-electron chi connectivity index (χ3n) is 4.68. The highest BCUT2D eigenvalue weighted by Crippen LogP contribution is 2.24. The van der Waals surface area contributed by atoms with Gasteiger partial charge >= 0.3 is 0 Å². The summed E-state index contributed by atoms with van der Waals surface area (Å²) in [4.78, 5) is 22.3. The monoisotopic (exact) mass is 362 g/mol. The van der Waals surface area contributed by atoms with Crippen LogP contribution in [0.25, 0.3) is 16.9 Å². The Labute approximate surface area is 154 Å². The molecule has 0 amide bonds. The van der Waals surface area contributed by atoms with Gasteiger partial charge in [0.2, 0.25) is 0 Å². The molecule has 5 heterocycles. The summed E-state index contributed by atoms with van der Waals surface area (Å²) in [6.45, 7) is 5.29. The summed E-state index contributed by atoms with van der Waals surface area (Å²) < 4.78 is 1.75. The first kappa shape index (κ1) is 15.7. The molecule has 0 radical (unpaired) electrons. The minimum absolute atomic E-state index is 0.733. The summed E-state index contributed by atoms with van der Waals surface area (Å²) in [5.41, 5.74) is 0.762. The van der Waals surface area contributed by atoms with Crippen molar-refractivity contribution < 1.29 is 0 Å². The van der Waals surface area contributed by atoms with Crippen LogP contribution in [0.2, 0.25) is 0 Å². The molecule has 0 bridgehead atoms. The fraction of sp³-hybridized carbons (Fsp3) is 0.294. The number of H-pyrrole nitrogens is 1. The summed E-state index contributed by atoms with van der Waals surface area (Å²) in [5.74, 6) is 3.35. The van der Waals surface area contributed by atoms with Crippen LogP contribution in [0.15, 0.2) is 37.1 Å². The van der Waals surface area contributed by atoms with Crippen LogP contribution in [-0.2, 0) is 0 Å². The van der Waals surface area contributed by atoms with Gasteiger partial charge < -0.3 is 9.80 Å². The Morgan fingerprint density at radius 1 is 1.00 bits per heavy atom. The third kappa shape index (κ3) is 2.84. The van der Waals surface area contributed by atoms with E-state index in [-0.39, 0.29) is 0 Å². The van der Waals surface area contributed by atoms with E-state index in [9.17, 15) is 0 Å². The Morgan fingerprint density at radius 3 is 2.63 bits per heavy atom. The molecule has 5 rings (SSSR count). The van der Waals surface area contributed by atoms with Gasteiger partial charge in [0.05, 0.1) is 11.6 Å². The zero-order valence-electron chi connectivity index (χ0n) is 14.8. The van der Waals surface area contributed by atoms with Crippen LogP contribution < -0.4 is 9.80 Å². The van der Waals surface area contributed by atoms with Crippen LogP contribution in [0, 0.1) is 6.92 Å². The standard InChI is InChI=1S/C17H18N10/c1-12-22-14(9-15(23-12)27-4-2-3-21-27)25-5-7-26(8-6-25)17-13-10-20-24-16(13)18-11-19-17/h2-4,9-11H,5-8H2,1H3,(H,18,19,20,24). The smallest absolute Gasteiger partial charge is 0.160 e. The average molecular weight is 362 g/mol. The summed E-state index contributed by atoms with van der Waals surface area (Å²) in [6, 6.07) is 3.86. The van der Waals surface area contributed by atoms with Gasteiger partial charge in [0.1, 0.15) is 23.8 Å². The van der Waals surface area contributed by atoms with Crippen molar-refractivity contribution >= 4 is 22.7 Å². The number of rotatable bonds is 3. The molecule has 0 unspecified atom stereocenters. The Bertz CT molecular complexity index is 1060. The minimum atomic E-state index is 0.733. The number of aromatic amines is 1. The highest BCUT2D eigenvalue weighted by molar-refractivity contribution is 5.86. The Balaban J connectivity index is 1.37. The minimum Gasteiger partial charge on any atom is -0.353 e. The molecule has 27 heavy (non-hydrogen) atoms. The van der Waals surface area contributed by atoms with Gasteiger partial charge in [-0.1, -0.05) is 0 Å². The molecule has 0 saturated carbocycles. The normalized spacial score (nSPS) is 14.9. The van der Waals surface area contributed by atoms with E-state index < -0.39 is 0 Å². The van der Waals surface area contributed by atoms with E-state index in [0.29, 0.717) is 0 Å². The second kappa shape index (κ2) is 6.31. The zero-order valence-corrected chi connectivity index (χ0v) is 14.8. The highest BCUT2D eigenvalue weighted by atomic mass is 15.3. The lowest BCUT2D eigenvalue weighted by molar-refractivity contribution is 0.640. The second-order valence-electron chi connectivity index (χ2n) is 6.39. The van der Waals surface area contributed by atoms with Gasteiger partial charge in [-0.05, 0) is 13.0 Å². The summed E-state index contributed by atoms with van der Waals surface area (Å²) in [7, 11) is 0. The lowest BCUT2D eigenvalue weighted by Gasteiger charge is -2.36. The van der Waals surface area contributed by atoms with Crippen LogP contribution >= 0.6 is 0 Å². The van der Waals surface area contributed by atoms with Crippen LogP contribution in [0.5, 0.6) is 0 Å². The predicted octanol–water partition coefficient (Wildman–Crippen LogP) is 0.964. The van der Waals surface area contributed by atoms with Crippen LogP contribution in [0.3, 0.4) is 0 Å². The molecule has 0 aromatic carbocycles. The summed E-state index contributed by atoms with van der Waals surface area (Å²) >= 11 is 0. The third-order valence-corrected chi connectivity index (χ3v) is 4.68. The Hall–Kier alpha value is -3.56. The molecule has 1 fully saturated rings. The van der Waals surface area contributed by atoms with Crippen LogP contribution in [0.4, 0.5) is 11.6 Å². The second-order valence-corrected chi connectivity index (χ2v) is 6.39. The predicted molar refractivity (Wildman–Crippen MR) is 100 cm³/mol. The number of nitrogens with zero attached hydrogens (tertiary/aromatic N) is 9. The number of nitrogens with one attached hydrogen (secondary N) is 1. The van der Waals surface area contributed by atoms with Crippen molar-refractivity contribution in [2.75, 3.05) is 36.0 Å². The van der Waals surface area contributed by atoms with Crippen molar-refractivity contribution in [3.05, 3.63) is 42.9 Å². The lowest BCUT2D eigenvalue weighted by atomic mass is 10.2. The number of hydrogen-bond donors (Lipinski definition) is 1. The molecule has 4 aromatic heterocycles. The van der Waals surface area contributed by atoms with Gasteiger partial charge in [0.15, 0.2) is 11.5 Å². The summed E-state index contributed by atoms with van der Waals surface area (Å²) in [6.07, 6.45) is 6.98. The molecular weight excluding hydrogens is 344 g/mol. The van der Waals surface area contributed by atoms with Gasteiger partial charge in [0.25, 0.3) is 0 Å². The SMILES string of the molecule is Cc1nc(N2CCN(c3ncnc4[nH]ncc34)CC2)cc(-n2cccn2)n1. The fourth-order valence-corrected chi connectivity index (χ4v) is 3.37. The topological polar surface area (TPSA) is 105 Å². The van der Waals surface area contributed by atoms with Crippen molar-refractivity contribution in [1.82, 2.24) is 39.9 Å². The van der Waals surface area contributed by atoms with E-state index in [1.807, 2.05) is 25.3 Å². The molecule has 136 valence electrons. The first-order valence-corrected chi connectivity index (χ1v) is 8.77. The molecule has 1 aliphatic rings. The van der Waals surface area contributed by atoms with Crippen molar-refractivity contribution in [2.45, 2.75) is 6.92 Å². The van der Waals surface area contributed by atoms with E-state index in [1.54, 1.807) is 23.4 Å². The van der Waals surface area contributed by atoms with E-state index in [1.165, 1.54) is 0 Å². The van der Waals surface area contributed by atoms with Crippen molar-refractivity contribution in [3.63, 3.8) is 0 Å². The number of aryl methyl sites for hydroxylation is 1. The van der Waals surface area contributed by atoms with Gasteiger partial charge in [-0.15, -0.1) is 0 Å². The highest BCUT2D eigenvalue weighted by Gasteiger charge is 2.22. The number of hydrogen-bond acceptors (Lipinski definition) is 8. The van der Waals surface area contributed by atoms with Crippen LogP contribution in [0.1, 0.15) is 5.82 Å². The van der Waals surface area contributed by atoms with Gasteiger partial charge in [-0.2, -0.15) is 10.2 Å². The molecule has 0 atom stereocenters. The number of anilines is 2. The van der Waals surface area contributed by atoms with Gasteiger partial charge in [-0.25, -0.2) is 24.6 Å². The number of fused-ring (bicyclic) bond motifs is 1. The largest absolute Gasteiger partial charge is 0.353 e. The van der Waals surface area contributed by atoms with E-state index in [0.717, 1.165) is 60.5 Å². The van der Waals surface area contributed by atoms with Gasteiger partial charge in [0, 0.05) is 44.6 Å². The maximum Gasteiger partial charge on any atom is 0.160 e. The maximum absolute atomic E-state index is 4.62. The van der Waals surface area contributed by atoms with Crippen LogP contribution in [-0.4, -0.2) is 66.1 Å². The Morgan fingerprint density at radius 2 is 1.81 bits per heavy atom. The molecule has 4 aromatic rings. The molecule has 1 N–H and O–H groups in total. The van der Waals surface area contributed by atoms with E-state index in [2.05, 4.69) is 45.0 Å². The maximum atomic E-state index is 4.62. The number of piperazine rings is 1. The first-order valence-electron chi connectivity index (χ1n) is 8.77. The van der Waals surface area contributed by atoms with E-state index in [4.69, 9.17) is 0 Å². The molecule has 1 saturated heterocycles. The molecule has 1 aliphatic heterocycles. The molecule has 0 aliphatic carbocycles. The molecule has 10 heteroatoms. The van der Waals surface area contributed by atoms with E-state index >= 15 is 0 Å². The van der Waals surface area contributed by atoms with Gasteiger partial charge in [-0.3, -0.25) is 5.10 Å².